The van der Waals surface area contributed by atoms with Crippen molar-refractivity contribution < 1.29 is 36.6 Å². The number of halogens is 5. The fourth-order valence-corrected chi connectivity index (χ4v) is 3.55. The summed E-state index contributed by atoms with van der Waals surface area (Å²) in [6.07, 6.45) is -7.48. The summed E-state index contributed by atoms with van der Waals surface area (Å²) in [6.45, 7) is -1.01. The lowest BCUT2D eigenvalue weighted by Gasteiger charge is -2.45. The molecule has 11 heteroatoms. The van der Waals surface area contributed by atoms with Gasteiger partial charge in [-0.15, -0.1) is 0 Å². The number of hydrogen-bond donors (Lipinski definition) is 3. The average molecular weight is 399 g/mol. The van der Waals surface area contributed by atoms with Gasteiger partial charge in [-0.3, -0.25) is 0 Å². The molecule has 27 heavy (non-hydrogen) atoms. The molecule has 1 heterocycles. The van der Waals surface area contributed by atoms with Crippen LogP contribution in [0.4, 0.5) is 22.0 Å². The van der Waals surface area contributed by atoms with Crippen LogP contribution >= 0.6 is 0 Å². The van der Waals surface area contributed by atoms with E-state index in [9.17, 15) is 31.9 Å². The number of carboxylic acids is 1. The molecule has 0 radical (unpaired) electrons. The Balaban J connectivity index is 2.31. The summed E-state index contributed by atoms with van der Waals surface area (Å²) in [7, 11) is 1.50. The van der Waals surface area contributed by atoms with Crippen LogP contribution in [0.2, 0.25) is 0 Å². The van der Waals surface area contributed by atoms with Crippen LogP contribution in [0.15, 0.2) is 23.2 Å². The van der Waals surface area contributed by atoms with Crippen LogP contribution in [-0.4, -0.2) is 54.5 Å². The van der Waals surface area contributed by atoms with Gasteiger partial charge in [-0.05, 0) is 31.8 Å². The molecule has 0 amide bonds. The van der Waals surface area contributed by atoms with Crippen molar-refractivity contribution >= 4 is 5.97 Å². The van der Waals surface area contributed by atoms with Gasteiger partial charge < -0.3 is 25.8 Å². The molecule has 1 saturated carbocycles. The molecule has 1 atom stereocenters. The first-order valence-corrected chi connectivity index (χ1v) is 8.43. The zero-order valence-corrected chi connectivity index (χ0v) is 14.6. The molecule has 1 aliphatic carbocycles. The maximum absolute atomic E-state index is 12.9. The summed E-state index contributed by atoms with van der Waals surface area (Å²) in [5.74, 6) is -2.59. The minimum absolute atomic E-state index is 0.0461. The highest BCUT2D eigenvalue weighted by Crippen LogP contribution is 2.41. The SMILES string of the molecule is CNC1=C(N)C=C(C(=O)O)C(OCC(F)F)N1[C@H]1CC[C@H](C(F)(F)F)CC1. The Morgan fingerprint density at radius 2 is 1.96 bits per heavy atom. The highest BCUT2D eigenvalue weighted by atomic mass is 19.4. The minimum Gasteiger partial charge on any atom is -0.478 e. The molecule has 2 aliphatic rings. The van der Waals surface area contributed by atoms with E-state index < -0.39 is 43.4 Å². The first-order chi connectivity index (χ1) is 12.6. The summed E-state index contributed by atoms with van der Waals surface area (Å²) in [5.41, 5.74) is 5.59. The van der Waals surface area contributed by atoms with Crippen molar-refractivity contribution in [3.05, 3.63) is 23.2 Å². The van der Waals surface area contributed by atoms with E-state index in [0.717, 1.165) is 6.08 Å². The van der Waals surface area contributed by atoms with E-state index >= 15 is 0 Å². The molecule has 154 valence electrons. The van der Waals surface area contributed by atoms with Crippen LogP contribution in [0.25, 0.3) is 0 Å². The number of hydrogen-bond acceptors (Lipinski definition) is 5. The summed E-state index contributed by atoms with van der Waals surface area (Å²) < 4.78 is 69.2. The maximum atomic E-state index is 12.9. The standard InChI is InChI=1S/C16H22F5N3O3/c1-23-13-11(22)6-10(15(25)26)14(27-7-12(17)18)24(13)9-4-2-8(3-5-9)16(19,20)21/h6,8-9,12,14,23H,2-5,7,22H2,1H3,(H,25,26)/t8-,9-,14?. The van der Waals surface area contributed by atoms with Crippen molar-refractivity contribution in [1.29, 1.82) is 0 Å². The van der Waals surface area contributed by atoms with Gasteiger partial charge in [0.15, 0.2) is 6.23 Å². The fraction of sp³-hybridized carbons (Fsp3) is 0.688. The summed E-state index contributed by atoms with van der Waals surface area (Å²) in [4.78, 5) is 12.9. The van der Waals surface area contributed by atoms with Gasteiger partial charge in [0.05, 0.1) is 17.2 Å². The topological polar surface area (TPSA) is 87.8 Å². The molecule has 1 aliphatic heterocycles. The van der Waals surface area contributed by atoms with E-state index in [2.05, 4.69) is 5.32 Å². The number of rotatable bonds is 6. The third-order valence-electron chi connectivity index (χ3n) is 4.78. The van der Waals surface area contributed by atoms with Crippen LogP contribution in [0.1, 0.15) is 25.7 Å². The molecule has 1 unspecified atom stereocenters. The van der Waals surface area contributed by atoms with Crippen LogP contribution in [0, 0.1) is 5.92 Å². The summed E-state index contributed by atoms with van der Waals surface area (Å²) in [6, 6.07) is -0.532. The van der Waals surface area contributed by atoms with E-state index in [4.69, 9.17) is 10.5 Å². The Kier molecular flexibility index (Phi) is 6.55. The van der Waals surface area contributed by atoms with Crippen molar-refractivity contribution in [2.75, 3.05) is 13.7 Å². The number of nitrogens with one attached hydrogen (secondary N) is 1. The van der Waals surface area contributed by atoms with Gasteiger partial charge in [0.1, 0.15) is 12.4 Å². The highest BCUT2D eigenvalue weighted by Gasteiger charge is 2.45. The lowest BCUT2D eigenvalue weighted by molar-refractivity contribution is -0.186. The lowest BCUT2D eigenvalue weighted by atomic mass is 9.84. The molecule has 0 aromatic heterocycles. The first kappa shape index (κ1) is 21.3. The molecule has 0 bridgehead atoms. The summed E-state index contributed by atoms with van der Waals surface area (Å²) >= 11 is 0. The van der Waals surface area contributed by atoms with Crippen molar-refractivity contribution in [3.8, 4) is 0 Å². The van der Waals surface area contributed by atoms with Gasteiger partial charge in [0.2, 0.25) is 0 Å². The van der Waals surface area contributed by atoms with Gasteiger partial charge in [-0.1, -0.05) is 0 Å². The van der Waals surface area contributed by atoms with Gasteiger partial charge in [-0.25, -0.2) is 13.6 Å². The van der Waals surface area contributed by atoms with E-state index in [0.29, 0.717) is 0 Å². The quantitative estimate of drug-likeness (QED) is 0.595. The highest BCUT2D eigenvalue weighted by molar-refractivity contribution is 5.88. The Labute approximate surface area is 152 Å². The predicted octanol–water partition coefficient (Wildman–Crippen LogP) is 2.39. The third-order valence-corrected chi connectivity index (χ3v) is 4.78. The second kappa shape index (κ2) is 8.32. The van der Waals surface area contributed by atoms with Gasteiger partial charge in [0, 0.05) is 13.1 Å². The zero-order chi connectivity index (χ0) is 20.4. The first-order valence-electron chi connectivity index (χ1n) is 8.43. The number of nitrogens with two attached hydrogens (primary N) is 1. The number of aliphatic carboxylic acids is 1. The number of carboxylic acid groups (broad SMARTS) is 1. The van der Waals surface area contributed by atoms with Gasteiger partial charge >= 0.3 is 12.1 Å². The molecule has 0 aromatic rings. The van der Waals surface area contributed by atoms with Crippen LogP contribution in [0.5, 0.6) is 0 Å². The number of alkyl halides is 5. The third kappa shape index (κ3) is 4.82. The average Bonchev–Trinajstić information content (AvgIpc) is 2.58. The lowest BCUT2D eigenvalue weighted by Crippen LogP contribution is -2.53. The molecule has 4 N–H and O–H groups in total. The number of nitrogens with zero attached hydrogens (tertiary/aromatic N) is 1. The number of allylic oxidation sites excluding steroid dienone is 1. The second-order valence-corrected chi connectivity index (χ2v) is 6.49. The molecule has 0 aromatic carbocycles. The molecule has 6 nitrogen and oxygen atoms in total. The Morgan fingerprint density at radius 3 is 2.41 bits per heavy atom. The Bertz CT molecular complexity index is 613. The number of ether oxygens (including phenoxy) is 1. The summed E-state index contributed by atoms with van der Waals surface area (Å²) in [5, 5.41) is 12.2. The molecule has 0 spiro atoms. The molecular formula is C16H22F5N3O3. The smallest absolute Gasteiger partial charge is 0.391 e. The fourth-order valence-electron chi connectivity index (χ4n) is 3.55. The van der Waals surface area contributed by atoms with Crippen LogP contribution < -0.4 is 11.1 Å². The predicted molar refractivity (Wildman–Crippen MR) is 85.4 cm³/mol. The Hall–Kier alpha value is -2.04. The van der Waals surface area contributed by atoms with E-state index in [-0.39, 0.29) is 42.8 Å². The maximum Gasteiger partial charge on any atom is 0.391 e. The second-order valence-electron chi connectivity index (χ2n) is 6.49. The van der Waals surface area contributed by atoms with E-state index in [1.807, 2.05) is 0 Å². The van der Waals surface area contributed by atoms with Gasteiger partial charge in [-0.2, -0.15) is 13.2 Å². The zero-order valence-electron chi connectivity index (χ0n) is 14.6. The minimum atomic E-state index is -4.30. The normalized spacial score (nSPS) is 27.0. The monoisotopic (exact) mass is 399 g/mol. The molecule has 2 rings (SSSR count). The van der Waals surface area contributed by atoms with Gasteiger partial charge in [0.25, 0.3) is 6.43 Å². The van der Waals surface area contributed by atoms with Crippen molar-refractivity contribution in [1.82, 2.24) is 10.2 Å². The molecule has 0 saturated heterocycles. The van der Waals surface area contributed by atoms with Crippen molar-refractivity contribution in [2.45, 2.75) is 50.6 Å². The number of carbonyl (C=O) groups is 1. The van der Waals surface area contributed by atoms with Crippen LogP contribution in [0.3, 0.4) is 0 Å². The van der Waals surface area contributed by atoms with E-state index in [1.54, 1.807) is 0 Å². The largest absolute Gasteiger partial charge is 0.478 e. The van der Waals surface area contributed by atoms with Crippen molar-refractivity contribution in [3.63, 3.8) is 0 Å². The molecular weight excluding hydrogens is 377 g/mol. The molecule has 1 fully saturated rings. The van der Waals surface area contributed by atoms with Crippen LogP contribution in [-0.2, 0) is 9.53 Å². The Morgan fingerprint density at radius 1 is 1.37 bits per heavy atom. The van der Waals surface area contributed by atoms with E-state index in [1.165, 1.54) is 11.9 Å². The van der Waals surface area contributed by atoms with Crippen molar-refractivity contribution in [2.24, 2.45) is 11.7 Å².